The van der Waals surface area contributed by atoms with Crippen LogP contribution < -0.4 is 5.32 Å². The van der Waals surface area contributed by atoms with Crippen LogP contribution in [0.3, 0.4) is 0 Å². The van der Waals surface area contributed by atoms with Gasteiger partial charge in [0.15, 0.2) is 0 Å². The van der Waals surface area contributed by atoms with Gasteiger partial charge in [-0.3, -0.25) is 4.79 Å². The van der Waals surface area contributed by atoms with Gasteiger partial charge in [-0.05, 0) is 17.2 Å². The first-order valence-electron chi connectivity index (χ1n) is 4.41. The Hall–Kier alpha value is -1.42. The molecule has 0 fully saturated rings. The van der Waals surface area contributed by atoms with E-state index in [2.05, 4.69) is 5.32 Å². The Morgan fingerprint density at radius 3 is 3.07 bits per heavy atom. The maximum Gasteiger partial charge on any atom is 0.321 e. The Morgan fingerprint density at radius 2 is 2.36 bits per heavy atom. The third kappa shape index (κ3) is 1.48. The van der Waals surface area contributed by atoms with Crippen molar-refractivity contribution in [2.75, 3.05) is 0 Å². The van der Waals surface area contributed by atoms with Gasteiger partial charge in [0.2, 0.25) is 0 Å². The predicted molar refractivity (Wildman–Crippen MR) is 48.4 cm³/mol. The zero-order valence-corrected chi connectivity index (χ0v) is 7.46. The van der Waals surface area contributed by atoms with Crippen molar-refractivity contribution >= 4 is 5.97 Å². The maximum atomic E-state index is 13.3. The van der Waals surface area contributed by atoms with Gasteiger partial charge in [-0.2, -0.15) is 0 Å². The van der Waals surface area contributed by atoms with Crippen molar-refractivity contribution in [1.29, 1.82) is 0 Å². The fourth-order valence-electron chi connectivity index (χ4n) is 1.68. The predicted octanol–water partition coefficient (Wildman–Crippen LogP) is 0.925. The van der Waals surface area contributed by atoms with Crippen LogP contribution in [0.2, 0.25) is 0 Å². The number of nitrogens with one attached hydrogen (secondary N) is 1. The zero-order chi connectivity index (χ0) is 10.1. The summed E-state index contributed by atoms with van der Waals surface area (Å²) >= 11 is 0. The summed E-state index contributed by atoms with van der Waals surface area (Å²) in [5.41, 5.74) is 1.38. The fraction of sp³-hybridized carbons (Fsp3) is 0.300. The van der Waals surface area contributed by atoms with Crippen LogP contribution in [-0.4, -0.2) is 17.1 Å². The van der Waals surface area contributed by atoms with Crippen molar-refractivity contribution < 1.29 is 14.3 Å². The minimum absolute atomic E-state index is 0.220. The number of rotatable bonds is 1. The van der Waals surface area contributed by atoms with Crippen LogP contribution in [0.5, 0.6) is 0 Å². The first kappa shape index (κ1) is 9.15. The highest BCUT2D eigenvalue weighted by molar-refractivity contribution is 5.74. The van der Waals surface area contributed by atoms with Gasteiger partial charge in [0.05, 0.1) is 0 Å². The zero-order valence-electron chi connectivity index (χ0n) is 7.46. The molecule has 4 heteroatoms. The molecule has 2 rings (SSSR count). The molecule has 1 aromatic rings. The van der Waals surface area contributed by atoms with Crippen molar-refractivity contribution in [2.24, 2.45) is 0 Å². The van der Waals surface area contributed by atoms with Crippen LogP contribution in [0.1, 0.15) is 11.1 Å². The topological polar surface area (TPSA) is 49.3 Å². The van der Waals surface area contributed by atoms with Crippen LogP contribution in [0.4, 0.5) is 4.39 Å². The molecule has 0 aromatic heterocycles. The highest BCUT2D eigenvalue weighted by Gasteiger charge is 2.25. The number of hydrogen-bond donors (Lipinski definition) is 2. The molecule has 14 heavy (non-hydrogen) atoms. The highest BCUT2D eigenvalue weighted by Crippen LogP contribution is 2.19. The van der Waals surface area contributed by atoms with Crippen molar-refractivity contribution in [2.45, 2.75) is 19.0 Å². The summed E-state index contributed by atoms with van der Waals surface area (Å²) in [6.45, 7) is 0.421. The standard InChI is InChI=1S/C10H10FNO2/c11-8-3-1-2-6-5-12-9(10(13)14)4-7(6)8/h1-3,9,12H,4-5H2,(H,13,14). The lowest BCUT2D eigenvalue weighted by molar-refractivity contribution is -0.139. The number of aliphatic carboxylic acids is 1. The van der Waals surface area contributed by atoms with E-state index in [4.69, 9.17) is 5.11 Å². The smallest absolute Gasteiger partial charge is 0.321 e. The van der Waals surface area contributed by atoms with Crippen molar-refractivity contribution in [3.63, 3.8) is 0 Å². The van der Waals surface area contributed by atoms with E-state index in [9.17, 15) is 9.18 Å². The molecule has 3 nitrogen and oxygen atoms in total. The molecule has 0 bridgehead atoms. The second-order valence-electron chi connectivity index (χ2n) is 3.35. The van der Waals surface area contributed by atoms with Crippen LogP contribution in [-0.2, 0) is 17.8 Å². The number of carbonyl (C=O) groups is 1. The van der Waals surface area contributed by atoms with E-state index in [1.165, 1.54) is 6.07 Å². The quantitative estimate of drug-likeness (QED) is 0.700. The van der Waals surface area contributed by atoms with Crippen LogP contribution >= 0.6 is 0 Å². The summed E-state index contributed by atoms with van der Waals surface area (Å²) in [7, 11) is 0. The molecular weight excluding hydrogens is 185 g/mol. The number of hydrogen-bond acceptors (Lipinski definition) is 2. The summed E-state index contributed by atoms with van der Waals surface area (Å²) in [5, 5.41) is 11.6. The first-order valence-corrected chi connectivity index (χ1v) is 4.41. The molecule has 1 aliphatic heterocycles. The van der Waals surface area contributed by atoms with Crippen LogP contribution in [0.15, 0.2) is 18.2 Å². The molecule has 74 valence electrons. The Kier molecular flexibility index (Phi) is 2.21. The third-order valence-electron chi connectivity index (χ3n) is 2.46. The lowest BCUT2D eigenvalue weighted by Crippen LogP contribution is -2.41. The summed E-state index contributed by atoms with van der Waals surface area (Å²) in [4.78, 5) is 10.7. The summed E-state index contributed by atoms with van der Waals surface area (Å²) < 4.78 is 13.3. The Bertz CT molecular complexity index is 378. The Labute approximate surface area is 80.6 Å². The molecule has 1 heterocycles. The van der Waals surface area contributed by atoms with Gasteiger partial charge in [0.1, 0.15) is 11.9 Å². The molecule has 0 saturated carbocycles. The summed E-state index contributed by atoms with van der Waals surface area (Å²) in [6.07, 6.45) is 0.220. The van der Waals surface area contributed by atoms with E-state index in [-0.39, 0.29) is 12.2 Å². The highest BCUT2D eigenvalue weighted by atomic mass is 19.1. The van der Waals surface area contributed by atoms with E-state index in [1.807, 2.05) is 6.07 Å². The second-order valence-corrected chi connectivity index (χ2v) is 3.35. The van der Waals surface area contributed by atoms with Gasteiger partial charge >= 0.3 is 5.97 Å². The number of halogens is 1. The van der Waals surface area contributed by atoms with E-state index in [1.54, 1.807) is 6.07 Å². The molecule has 1 unspecified atom stereocenters. The molecule has 1 atom stereocenters. The molecular formula is C10H10FNO2. The average molecular weight is 195 g/mol. The van der Waals surface area contributed by atoms with Crippen molar-refractivity contribution in [3.8, 4) is 0 Å². The van der Waals surface area contributed by atoms with Gasteiger partial charge in [0.25, 0.3) is 0 Å². The van der Waals surface area contributed by atoms with Crippen LogP contribution in [0.25, 0.3) is 0 Å². The lowest BCUT2D eigenvalue weighted by Gasteiger charge is -2.23. The minimum atomic E-state index is -0.932. The van der Waals surface area contributed by atoms with Crippen molar-refractivity contribution in [3.05, 3.63) is 35.1 Å². The number of benzene rings is 1. The van der Waals surface area contributed by atoms with Gasteiger partial charge < -0.3 is 10.4 Å². The summed E-state index contributed by atoms with van der Waals surface area (Å²) in [5.74, 6) is -1.24. The largest absolute Gasteiger partial charge is 0.480 e. The third-order valence-corrected chi connectivity index (χ3v) is 2.46. The Morgan fingerprint density at radius 1 is 1.57 bits per heavy atom. The monoisotopic (exact) mass is 195 g/mol. The Balaban J connectivity index is 2.33. The van der Waals surface area contributed by atoms with Gasteiger partial charge in [-0.1, -0.05) is 12.1 Å². The van der Waals surface area contributed by atoms with Gasteiger partial charge in [-0.15, -0.1) is 0 Å². The van der Waals surface area contributed by atoms with E-state index >= 15 is 0 Å². The van der Waals surface area contributed by atoms with Gasteiger partial charge in [0, 0.05) is 13.0 Å². The number of fused-ring (bicyclic) bond motifs is 1. The second kappa shape index (κ2) is 3.38. The molecule has 0 saturated heterocycles. The first-order chi connectivity index (χ1) is 6.68. The molecule has 0 amide bonds. The molecule has 0 spiro atoms. The van der Waals surface area contributed by atoms with E-state index < -0.39 is 12.0 Å². The van der Waals surface area contributed by atoms with Gasteiger partial charge in [-0.25, -0.2) is 4.39 Å². The van der Waals surface area contributed by atoms with Crippen LogP contribution in [0, 0.1) is 5.82 Å². The fourth-order valence-corrected chi connectivity index (χ4v) is 1.68. The number of carboxylic acids is 1. The molecule has 0 aliphatic carbocycles. The molecule has 1 aromatic carbocycles. The minimum Gasteiger partial charge on any atom is -0.480 e. The van der Waals surface area contributed by atoms with E-state index in [0.29, 0.717) is 12.1 Å². The molecule has 0 radical (unpaired) electrons. The number of carboxylic acid groups (broad SMARTS) is 1. The summed E-state index contributed by atoms with van der Waals surface area (Å²) in [6, 6.07) is 4.14. The normalized spacial score (nSPS) is 20.2. The van der Waals surface area contributed by atoms with Crippen molar-refractivity contribution in [1.82, 2.24) is 5.32 Å². The lowest BCUT2D eigenvalue weighted by atomic mass is 9.95. The SMILES string of the molecule is O=C(O)C1Cc2c(F)cccc2CN1. The average Bonchev–Trinajstić information content (AvgIpc) is 2.18. The maximum absolute atomic E-state index is 13.3. The molecule has 1 aliphatic rings. The van der Waals surface area contributed by atoms with E-state index in [0.717, 1.165) is 5.56 Å². The molecule has 2 N–H and O–H groups in total.